The van der Waals surface area contributed by atoms with Crippen molar-refractivity contribution >= 4 is 17.4 Å². The van der Waals surface area contributed by atoms with Crippen molar-refractivity contribution in [1.29, 1.82) is 0 Å². The number of nitro benzene ring substituents is 1. The van der Waals surface area contributed by atoms with E-state index < -0.39 is 17.1 Å². The van der Waals surface area contributed by atoms with Gasteiger partial charge in [-0.3, -0.25) is 10.1 Å². The summed E-state index contributed by atoms with van der Waals surface area (Å²) in [5.74, 6) is 0.341. The second-order valence-corrected chi connectivity index (χ2v) is 4.82. The lowest BCUT2D eigenvalue weighted by Crippen LogP contribution is -2.32. The lowest BCUT2D eigenvalue weighted by Gasteiger charge is -2.11. The third kappa shape index (κ3) is 4.30. The predicted octanol–water partition coefficient (Wildman–Crippen LogP) is 2.61. The van der Waals surface area contributed by atoms with Crippen molar-refractivity contribution in [3.8, 4) is 0 Å². The minimum absolute atomic E-state index is 0.0408. The van der Waals surface area contributed by atoms with Gasteiger partial charge in [-0.25, -0.2) is 4.79 Å². The van der Waals surface area contributed by atoms with Crippen molar-refractivity contribution in [1.82, 2.24) is 5.32 Å². The van der Waals surface area contributed by atoms with E-state index in [-0.39, 0.29) is 12.2 Å². The first-order valence-electron chi connectivity index (χ1n) is 7.05. The van der Waals surface area contributed by atoms with Gasteiger partial charge in [0.2, 0.25) is 0 Å². The molecule has 1 aromatic carbocycles. The number of nitrogens with zero attached hydrogens (tertiary/aromatic N) is 1. The van der Waals surface area contributed by atoms with E-state index in [4.69, 9.17) is 4.42 Å². The van der Waals surface area contributed by atoms with Crippen molar-refractivity contribution in [3.05, 3.63) is 58.0 Å². The largest absolute Gasteiger partial charge is 0.467 e. The molecule has 1 unspecified atom stereocenters. The Labute approximate surface area is 132 Å². The van der Waals surface area contributed by atoms with Crippen LogP contribution in [0.3, 0.4) is 0 Å². The molecule has 8 nitrogen and oxygen atoms in total. The van der Waals surface area contributed by atoms with Crippen LogP contribution < -0.4 is 10.6 Å². The molecular weight excluding hydrogens is 302 g/mol. The van der Waals surface area contributed by atoms with Crippen LogP contribution in [0.15, 0.2) is 41.0 Å². The standard InChI is InChI=1S/C15H17N3O5/c1-2-10-5-6-11(8-12(10)18(21)22)17-15(20)16-9-13(19)14-4-3-7-23-14/h3-8,13,19H,2,9H2,1H3,(H2,16,17,20). The molecule has 0 saturated carbocycles. The van der Waals surface area contributed by atoms with E-state index in [1.165, 1.54) is 12.3 Å². The van der Waals surface area contributed by atoms with Gasteiger partial charge in [0.05, 0.1) is 17.7 Å². The molecule has 2 aromatic rings. The summed E-state index contributed by atoms with van der Waals surface area (Å²) in [5.41, 5.74) is 0.856. The number of rotatable bonds is 6. The molecule has 2 amide bonds. The van der Waals surface area contributed by atoms with Crippen LogP contribution >= 0.6 is 0 Å². The number of furan rings is 1. The minimum Gasteiger partial charge on any atom is -0.467 e. The average Bonchev–Trinajstić information content (AvgIpc) is 3.07. The Bertz CT molecular complexity index is 684. The first kappa shape index (κ1) is 16.5. The Balaban J connectivity index is 1.95. The number of hydrogen-bond donors (Lipinski definition) is 3. The van der Waals surface area contributed by atoms with Gasteiger partial charge in [0, 0.05) is 17.3 Å². The SMILES string of the molecule is CCc1ccc(NC(=O)NCC(O)c2ccco2)cc1[N+](=O)[O-]. The first-order chi connectivity index (χ1) is 11.0. The minimum atomic E-state index is -0.965. The number of carbonyl (C=O) groups excluding carboxylic acids is 1. The maximum Gasteiger partial charge on any atom is 0.319 e. The topological polar surface area (TPSA) is 118 Å². The molecule has 0 aliphatic heterocycles. The van der Waals surface area contributed by atoms with E-state index in [1.807, 2.05) is 6.92 Å². The highest BCUT2D eigenvalue weighted by Gasteiger charge is 2.15. The Morgan fingerprint density at radius 3 is 2.83 bits per heavy atom. The molecule has 0 spiro atoms. The van der Waals surface area contributed by atoms with Gasteiger partial charge in [0.1, 0.15) is 11.9 Å². The third-order valence-corrected chi connectivity index (χ3v) is 3.25. The number of nitro groups is 1. The molecule has 0 fully saturated rings. The smallest absolute Gasteiger partial charge is 0.319 e. The summed E-state index contributed by atoms with van der Waals surface area (Å²) in [6.07, 6.45) is 0.984. The van der Waals surface area contributed by atoms with Gasteiger partial charge < -0.3 is 20.2 Å². The molecule has 0 aliphatic carbocycles. The van der Waals surface area contributed by atoms with Crippen LogP contribution in [0.2, 0.25) is 0 Å². The number of aliphatic hydroxyl groups excluding tert-OH is 1. The summed E-state index contributed by atoms with van der Waals surface area (Å²) in [6, 6.07) is 7.15. The van der Waals surface area contributed by atoms with Gasteiger partial charge >= 0.3 is 6.03 Å². The van der Waals surface area contributed by atoms with Gasteiger partial charge in [-0.1, -0.05) is 13.0 Å². The number of urea groups is 1. The zero-order valence-electron chi connectivity index (χ0n) is 12.5. The molecule has 0 aliphatic rings. The van der Waals surface area contributed by atoms with E-state index >= 15 is 0 Å². The Hall–Kier alpha value is -2.87. The summed E-state index contributed by atoms with van der Waals surface area (Å²) in [5, 5.41) is 25.7. The number of anilines is 1. The normalized spacial score (nSPS) is 11.7. The lowest BCUT2D eigenvalue weighted by molar-refractivity contribution is -0.385. The van der Waals surface area contributed by atoms with Crippen LogP contribution in [0.1, 0.15) is 24.4 Å². The fraction of sp³-hybridized carbons (Fsp3) is 0.267. The van der Waals surface area contributed by atoms with E-state index in [9.17, 15) is 20.0 Å². The van der Waals surface area contributed by atoms with Crippen LogP contribution in [0.4, 0.5) is 16.2 Å². The number of amides is 2. The molecule has 1 heterocycles. The first-order valence-corrected chi connectivity index (χ1v) is 7.05. The van der Waals surface area contributed by atoms with Crippen molar-refractivity contribution in [3.63, 3.8) is 0 Å². The van der Waals surface area contributed by atoms with Gasteiger partial charge in [-0.15, -0.1) is 0 Å². The maximum atomic E-state index is 11.8. The molecule has 0 radical (unpaired) electrons. The molecule has 3 N–H and O–H groups in total. The summed E-state index contributed by atoms with van der Waals surface area (Å²) >= 11 is 0. The summed E-state index contributed by atoms with van der Waals surface area (Å²) in [6.45, 7) is 1.77. The number of aryl methyl sites for hydroxylation is 1. The van der Waals surface area contributed by atoms with E-state index in [0.717, 1.165) is 0 Å². The van der Waals surface area contributed by atoms with Gasteiger partial charge in [-0.2, -0.15) is 0 Å². The summed E-state index contributed by atoms with van der Waals surface area (Å²) in [4.78, 5) is 22.3. The molecule has 8 heteroatoms. The number of hydrogen-bond acceptors (Lipinski definition) is 5. The van der Waals surface area contributed by atoms with Crippen molar-refractivity contribution in [2.24, 2.45) is 0 Å². The molecule has 2 rings (SSSR count). The number of nitrogens with one attached hydrogen (secondary N) is 2. The lowest BCUT2D eigenvalue weighted by atomic mass is 10.1. The predicted molar refractivity (Wildman–Crippen MR) is 83.2 cm³/mol. The zero-order valence-corrected chi connectivity index (χ0v) is 12.5. The van der Waals surface area contributed by atoms with E-state index in [0.29, 0.717) is 23.4 Å². The Morgan fingerprint density at radius 2 is 2.22 bits per heavy atom. The van der Waals surface area contributed by atoms with Crippen molar-refractivity contribution < 1.29 is 19.2 Å². The van der Waals surface area contributed by atoms with Crippen molar-refractivity contribution in [2.75, 3.05) is 11.9 Å². The molecule has 23 heavy (non-hydrogen) atoms. The highest BCUT2D eigenvalue weighted by atomic mass is 16.6. The second kappa shape index (κ2) is 7.41. The molecule has 1 aromatic heterocycles. The van der Waals surface area contributed by atoms with Crippen molar-refractivity contribution in [2.45, 2.75) is 19.4 Å². The van der Waals surface area contributed by atoms with Crippen LogP contribution in [-0.2, 0) is 6.42 Å². The van der Waals surface area contributed by atoms with E-state index in [1.54, 1.807) is 24.3 Å². The fourth-order valence-corrected chi connectivity index (χ4v) is 2.06. The molecule has 122 valence electrons. The second-order valence-electron chi connectivity index (χ2n) is 4.82. The molecular formula is C15H17N3O5. The number of benzene rings is 1. The zero-order chi connectivity index (χ0) is 16.8. The third-order valence-electron chi connectivity index (χ3n) is 3.25. The monoisotopic (exact) mass is 319 g/mol. The van der Waals surface area contributed by atoms with Crippen LogP contribution in [-0.4, -0.2) is 22.6 Å². The van der Waals surface area contributed by atoms with Crippen LogP contribution in [0.5, 0.6) is 0 Å². The van der Waals surface area contributed by atoms with E-state index in [2.05, 4.69) is 10.6 Å². The van der Waals surface area contributed by atoms with Gasteiger partial charge in [0.15, 0.2) is 0 Å². The summed E-state index contributed by atoms with van der Waals surface area (Å²) in [7, 11) is 0. The molecule has 1 atom stereocenters. The number of aliphatic hydroxyl groups is 1. The average molecular weight is 319 g/mol. The van der Waals surface area contributed by atoms with Gasteiger partial charge in [0.25, 0.3) is 5.69 Å². The highest BCUT2D eigenvalue weighted by molar-refractivity contribution is 5.89. The molecule has 0 bridgehead atoms. The van der Waals surface area contributed by atoms with Gasteiger partial charge in [-0.05, 0) is 24.6 Å². The van der Waals surface area contributed by atoms with Crippen LogP contribution in [0, 0.1) is 10.1 Å². The fourth-order valence-electron chi connectivity index (χ4n) is 2.06. The molecule has 0 saturated heterocycles. The Kier molecular flexibility index (Phi) is 5.32. The number of carbonyl (C=O) groups is 1. The summed E-state index contributed by atoms with van der Waals surface area (Å²) < 4.78 is 5.02. The maximum absolute atomic E-state index is 11.8. The quantitative estimate of drug-likeness (QED) is 0.559. The van der Waals surface area contributed by atoms with Crippen LogP contribution in [0.25, 0.3) is 0 Å². The highest BCUT2D eigenvalue weighted by Crippen LogP contribution is 2.23. The Morgan fingerprint density at radius 1 is 1.43 bits per heavy atom.